The molecular formula is C23H19Cl3N4O3. The molecular weight excluding hydrogens is 487 g/mol. The van der Waals surface area contributed by atoms with Gasteiger partial charge in [-0.25, -0.2) is 0 Å². The summed E-state index contributed by atoms with van der Waals surface area (Å²) in [6.07, 6.45) is 0. The molecule has 0 aliphatic heterocycles. The van der Waals surface area contributed by atoms with Gasteiger partial charge in [0.05, 0.1) is 12.1 Å². The summed E-state index contributed by atoms with van der Waals surface area (Å²) in [7, 11) is 0. The zero-order chi connectivity index (χ0) is 23.5. The van der Waals surface area contributed by atoms with E-state index in [2.05, 4.69) is 15.6 Å². The van der Waals surface area contributed by atoms with Crippen LogP contribution in [0.2, 0.25) is 15.1 Å². The molecule has 0 aliphatic carbocycles. The van der Waals surface area contributed by atoms with Crippen LogP contribution in [0.3, 0.4) is 0 Å². The number of benzene rings is 2. The van der Waals surface area contributed by atoms with Crippen molar-refractivity contribution in [2.75, 3.05) is 5.32 Å². The summed E-state index contributed by atoms with van der Waals surface area (Å²) in [5.41, 5.74) is 2.37. The molecule has 2 heterocycles. The van der Waals surface area contributed by atoms with Gasteiger partial charge in [0.25, 0.3) is 5.91 Å². The zero-order valence-corrected chi connectivity index (χ0v) is 20.0. The largest absolute Gasteiger partial charge is 0.489 e. The predicted octanol–water partition coefficient (Wildman–Crippen LogP) is 6.33. The summed E-state index contributed by atoms with van der Waals surface area (Å²) < 4.78 is 12.7. The van der Waals surface area contributed by atoms with E-state index < -0.39 is 5.91 Å². The molecule has 0 fully saturated rings. The van der Waals surface area contributed by atoms with Crippen molar-refractivity contribution in [2.45, 2.75) is 27.0 Å². The van der Waals surface area contributed by atoms with Crippen LogP contribution < -0.4 is 10.1 Å². The highest BCUT2D eigenvalue weighted by atomic mass is 35.5. The van der Waals surface area contributed by atoms with Gasteiger partial charge in [0, 0.05) is 26.8 Å². The summed E-state index contributed by atoms with van der Waals surface area (Å²) in [6.45, 7) is 4.13. The fraction of sp³-hybridized carbons (Fsp3) is 0.174. The third-order valence-electron chi connectivity index (χ3n) is 4.94. The van der Waals surface area contributed by atoms with Crippen molar-refractivity contribution in [1.82, 2.24) is 14.9 Å². The Morgan fingerprint density at radius 1 is 1.09 bits per heavy atom. The zero-order valence-electron chi connectivity index (χ0n) is 17.7. The average molecular weight is 506 g/mol. The van der Waals surface area contributed by atoms with Crippen LogP contribution in [0.4, 0.5) is 5.82 Å². The number of ether oxygens (including phenoxy) is 1. The van der Waals surface area contributed by atoms with E-state index in [4.69, 9.17) is 44.1 Å². The molecule has 0 bridgehead atoms. The Bertz CT molecular complexity index is 1320. The predicted molar refractivity (Wildman–Crippen MR) is 128 cm³/mol. The number of amides is 1. The first-order chi connectivity index (χ1) is 15.8. The molecule has 4 rings (SSSR count). The van der Waals surface area contributed by atoms with Gasteiger partial charge in [0.2, 0.25) is 0 Å². The molecule has 0 radical (unpaired) electrons. The number of carbonyl (C=O) groups excluding carboxylic acids is 1. The number of nitrogens with zero attached hydrogens (tertiary/aromatic N) is 3. The molecule has 0 atom stereocenters. The van der Waals surface area contributed by atoms with Crippen LogP contribution in [0.1, 0.15) is 33.1 Å². The van der Waals surface area contributed by atoms with Crippen molar-refractivity contribution in [3.05, 3.63) is 91.9 Å². The minimum Gasteiger partial charge on any atom is -0.489 e. The van der Waals surface area contributed by atoms with Gasteiger partial charge in [-0.3, -0.25) is 9.48 Å². The molecule has 0 unspecified atom stereocenters. The van der Waals surface area contributed by atoms with Crippen LogP contribution >= 0.6 is 34.8 Å². The normalized spacial score (nSPS) is 10.9. The van der Waals surface area contributed by atoms with E-state index in [1.165, 1.54) is 0 Å². The molecule has 4 aromatic rings. The SMILES string of the molecule is Cc1onc(C(=O)Nc2cc(C)n(Cc3ccc(Cl)cc3Cl)n2)c1COc1cccc(Cl)c1. The first kappa shape index (κ1) is 23.2. The standard InChI is InChI=1S/C23H19Cl3N4O3/c1-13-8-21(28-30(13)11-15-6-7-17(25)10-20(15)26)27-23(31)22-19(14(2)33-29-22)12-32-18-5-3-4-16(24)9-18/h3-10H,11-12H2,1-2H3,(H,27,28,31). The van der Waals surface area contributed by atoms with E-state index in [0.717, 1.165) is 11.3 Å². The van der Waals surface area contributed by atoms with Gasteiger partial charge in [-0.05, 0) is 49.7 Å². The Labute approximate surface area is 205 Å². The van der Waals surface area contributed by atoms with Gasteiger partial charge in [0.1, 0.15) is 18.1 Å². The molecule has 0 spiro atoms. The summed E-state index contributed by atoms with van der Waals surface area (Å²) >= 11 is 18.2. The molecule has 2 aromatic carbocycles. The van der Waals surface area contributed by atoms with E-state index in [9.17, 15) is 4.79 Å². The van der Waals surface area contributed by atoms with Gasteiger partial charge >= 0.3 is 0 Å². The number of halogens is 3. The second-order valence-electron chi connectivity index (χ2n) is 7.33. The molecule has 2 aromatic heterocycles. The lowest BCUT2D eigenvalue weighted by Crippen LogP contribution is -2.16. The quantitative estimate of drug-likeness (QED) is 0.317. The lowest BCUT2D eigenvalue weighted by Gasteiger charge is -2.07. The van der Waals surface area contributed by atoms with Crippen molar-refractivity contribution in [3.8, 4) is 5.75 Å². The maximum atomic E-state index is 12.9. The molecule has 1 amide bonds. The number of hydrogen-bond donors (Lipinski definition) is 1. The smallest absolute Gasteiger partial charge is 0.279 e. The molecule has 10 heteroatoms. The maximum Gasteiger partial charge on any atom is 0.279 e. The van der Waals surface area contributed by atoms with Crippen molar-refractivity contribution in [1.29, 1.82) is 0 Å². The second-order valence-corrected chi connectivity index (χ2v) is 8.61. The number of aromatic nitrogens is 3. The van der Waals surface area contributed by atoms with Crippen LogP contribution in [-0.4, -0.2) is 20.8 Å². The summed E-state index contributed by atoms with van der Waals surface area (Å²) in [5, 5.41) is 12.8. The number of aryl methyl sites for hydroxylation is 2. The molecule has 0 aliphatic rings. The van der Waals surface area contributed by atoms with E-state index in [0.29, 0.717) is 44.5 Å². The maximum absolute atomic E-state index is 12.9. The van der Waals surface area contributed by atoms with Crippen LogP contribution in [-0.2, 0) is 13.2 Å². The third kappa shape index (κ3) is 5.50. The van der Waals surface area contributed by atoms with Crippen LogP contribution in [0.25, 0.3) is 0 Å². The van der Waals surface area contributed by atoms with Gasteiger partial charge in [0.15, 0.2) is 11.5 Å². The number of rotatable bonds is 7. The van der Waals surface area contributed by atoms with E-state index in [1.807, 2.05) is 13.0 Å². The molecule has 170 valence electrons. The summed E-state index contributed by atoms with van der Waals surface area (Å²) in [5.74, 6) is 0.988. The minimum absolute atomic E-state index is 0.0982. The van der Waals surface area contributed by atoms with E-state index >= 15 is 0 Å². The fourth-order valence-electron chi connectivity index (χ4n) is 3.17. The Morgan fingerprint density at radius 3 is 2.64 bits per heavy atom. The van der Waals surface area contributed by atoms with Gasteiger partial charge in [-0.1, -0.05) is 52.1 Å². The topological polar surface area (TPSA) is 82.2 Å². The summed E-state index contributed by atoms with van der Waals surface area (Å²) in [6, 6.07) is 14.0. The van der Waals surface area contributed by atoms with E-state index in [1.54, 1.807) is 54.1 Å². The van der Waals surface area contributed by atoms with Crippen molar-refractivity contribution < 1.29 is 14.1 Å². The van der Waals surface area contributed by atoms with Gasteiger partial charge < -0.3 is 14.6 Å². The minimum atomic E-state index is -0.453. The number of anilines is 1. The van der Waals surface area contributed by atoms with Gasteiger partial charge in [-0.2, -0.15) is 5.10 Å². The first-order valence-electron chi connectivity index (χ1n) is 9.93. The highest BCUT2D eigenvalue weighted by Crippen LogP contribution is 2.24. The highest BCUT2D eigenvalue weighted by molar-refractivity contribution is 6.35. The summed E-state index contributed by atoms with van der Waals surface area (Å²) in [4.78, 5) is 12.9. The van der Waals surface area contributed by atoms with Crippen LogP contribution in [0.15, 0.2) is 53.1 Å². The van der Waals surface area contributed by atoms with Gasteiger partial charge in [-0.15, -0.1) is 0 Å². The molecule has 0 saturated heterocycles. The number of nitrogens with one attached hydrogen (secondary N) is 1. The van der Waals surface area contributed by atoms with Crippen LogP contribution in [0.5, 0.6) is 5.75 Å². The highest BCUT2D eigenvalue weighted by Gasteiger charge is 2.22. The van der Waals surface area contributed by atoms with Crippen molar-refractivity contribution in [2.24, 2.45) is 0 Å². The molecule has 33 heavy (non-hydrogen) atoms. The van der Waals surface area contributed by atoms with E-state index in [-0.39, 0.29) is 12.3 Å². The Kier molecular flexibility index (Phi) is 6.93. The third-order valence-corrected chi connectivity index (χ3v) is 5.76. The van der Waals surface area contributed by atoms with Crippen molar-refractivity contribution >= 4 is 46.5 Å². The lowest BCUT2D eigenvalue weighted by molar-refractivity contribution is 0.101. The Hall–Kier alpha value is -3.00. The number of carbonyl (C=O) groups is 1. The monoisotopic (exact) mass is 504 g/mol. The Morgan fingerprint density at radius 2 is 1.88 bits per heavy atom. The first-order valence-corrected chi connectivity index (χ1v) is 11.1. The average Bonchev–Trinajstić information content (AvgIpc) is 3.30. The van der Waals surface area contributed by atoms with Crippen molar-refractivity contribution in [3.63, 3.8) is 0 Å². The lowest BCUT2D eigenvalue weighted by atomic mass is 10.2. The van der Waals surface area contributed by atoms with Crippen LogP contribution in [0, 0.1) is 13.8 Å². The Balaban J connectivity index is 1.47. The fourth-order valence-corrected chi connectivity index (χ4v) is 3.82. The molecule has 1 N–H and O–H groups in total. The second kappa shape index (κ2) is 9.87. The molecule has 0 saturated carbocycles. The molecule has 7 nitrogen and oxygen atoms in total. The number of hydrogen-bond acceptors (Lipinski definition) is 5.